The molecule has 9 nitrogen and oxygen atoms in total. The zero-order chi connectivity index (χ0) is 30.4. The third kappa shape index (κ3) is 6.12. The number of pyridine rings is 2. The average Bonchev–Trinajstić information content (AvgIpc) is 3.02. The molecule has 0 N–H and O–H groups in total. The Morgan fingerprint density at radius 1 is 1.10 bits per heavy atom. The van der Waals surface area contributed by atoms with E-state index >= 15 is 0 Å². The molecule has 42 heavy (non-hydrogen) atoms. The maximum atomic E-state index is 13.4. The Kier molecular flexibility index (Phi) is 9.25. The Morgan fingerprint density at radius 3 is 2.33 bits per heavy atom. The zero-order valence-electron chi connectivity index (χ0n) is 23.3. The number of esters is 1. The summed E-state index contributed by atoms with van der Waals surface area (Å²) in [6, 6.07) is 18.3. The van der Waals surface area contributed by atoms with Gasteiger partial charge < -0.3 is 19.0 Å². The molecule has 1 aliphatic rings. The third-order valence-electron chi connectivity index (χ3n) is 7.23. The van der Waals surface area contributed by atoms with Crippen molar-refractivity contribution in [3.05, 3.63) is 111 Å². The van der Waals surface area contributed by atoms with Gasteiger partial charge in [0.25, 0.3) is 11.4 Å². The van der Waals surface area contributed by atoms with Gasteiger partial charge in [0.2, 0.25) is 5.52 Å². The summed E-state index contributed by atoms with van der Waals surface area (Å²) in [5, 5.41) is 9.90. The quantitative estimate of drug-likeness (QED) is 0.258. The highest BCUT2D eigenvalue weighted by atomic mass is 19.1. The van der Waals surface area contributed by atoms with Gasteiger partial charge in [-0.25, -0.2) is 13.6 Å². The number of aryl methyl sites for hydroxylation is 1. The second kappa shape index (κ2) is 13.0. The summed E-state index contributed by atoms with van der Waals surface area (Å²) in [6.07, 6.45) is 0. The fourth-order valence-corrected chi connectivity index (χ4v) is 4.95. The molecule has 2 unspecified atom stereocenters. The van der Waals surface area contributed by atoms with Crippen LogP contribution in [-0.2, 0) is 16.6 Å². The lowest BCUT2D eigenvalue weighted by atomic mass is 10.0. The number of fused-ring (bicyclic) bond motifs is 1. The van der Waals surface area contributed by atoms with Gasteiger partial charge in [-0.3, -0.25) is 9.69 Å². The minimum Gasteiger partial charge on any atom is -0.467 e. The van der Waals surface area contributed by atoms with E-state index in [1.807, 2.05) is 13.0 Å². The molecule has 1 fully saturated rings. The van der Waals surface area contributed by atoms with Crippen LogP contribution in [0.5, 0.6) is 0 Å². The first-order chi connectivity index (χ1) is 20.2. The van der Waals surface area contributed by atoms with Crippen molar-refractivity contribution in [3.8, 4) is 6.07 Å². The molecule has 5 rings (SSSR count). The number of aromatic nitrogens is 2. The number of rotatable bonds is 4. The Labute approximate surface area is 241 Å². The smallest absolute Gasteiger partial charge is 0.329 e. The number of anilines is 1. The van der Waals surface area contributed by atoms with E-state index in [0.717, 1.165) is 5.56 Å². The molecule has 11 heteroatoms. The lowest BCUT2D eigenvalue weighted by molar-refractivity contribution is -0.143. The fourth-order valence-electron chi connectivity index (χ4n) is 4.95. The maximum Gasteiger partial charge on any atom is 0.329 e. The summed E-state index contributed by atoms with van der Waals surface area (Å²) >= 11 is 0. The molecule has 0 radical (unpaired) electrons. The number of carbonyl (C=O) groups is 1. The van der Waals surface area contributed by atoms with Crippen molar-refractivity contribution in [1.82, 2.24) is 14.5 Å². The predicted octanol–water partition coefficient (Wildman–Crippen LogP) is 4.75. The van der Waals surface area contributed by atoms with Crippen LogP contribution in [0, 0.1) is 29.5 Å². The number of ether oxygens (including phenoxy) is 1. The van der Waals surface area contributed by atoms with Gasteiger partial charge in [-0.1, -0.05) is 36.9 Å². The van der Waals surface area contributed by atoms with E-state index in [1.54, 1.807) is 41.3 Å². The molecule has 0 spiro atoms. The number of piperazine rings is 1. The number of hydrogen-bond acceptors (Lipinski definition) is 7. The van der Waals surface area contributed by atoms with Crippen LogP contribution in [0.2, 0.25) is 0 Å². The summed E-state index contributed by atoms with van der Waals surface area (Å²) in [6.45, 7) is 10.4. The lowest BCUT2D eigenvalue weighted by Gasteiger charge is -2.43. The average molecular weight is 571 g/mol. The standard InChI is InChI=1S/C25H23FN6O3.C6H5F/c1-15(16-5-7-17(26)8-6-16)31-11-12-32(20(14-31)25(34)35-4)23-18(13-27)24(33)30(3)19-9-10-21(28-2)29-22(19)23;7-6-4-2-1-3-5-6/h5-10,15,20H,11-12,14H2,1,3-4H3;1-5H. The van der Waals surface area contributed by atoms with E-state index < -0.39 is 17.6 Å². The van der Waals surface area contributed by atoms with E-state index in [1.165, 1.54) is 49.1 Å². The Bertz CT molecular complexity index is 1730. The first-order valence-corrected chi connectivity index (χ1v) is 13.1. The van der Waals surface area contributed by atoms with Gasteiger partial charge in [0.1, 0.15) is 35.0 Å². The maximum absolute atomic E-state index is 13.4. The Balaban J connectivity index is 0.000000507. The largest absolute Gasteiger partial charge is 0.467 e. The summed E-state index contributed by atoms with van der Waals surface area (Å²) in [7, 11) is 2.82. The van der Waals surface area contributed by atoms with Gasteiger partial charge in [-0.2, -0.15) is 5.26 Å². The molecular weight excluding hydrogens is 542 g/mol. The van der Waals surface area contributed by atoms with Crippen LogP contribution in [-0.4, -0.2) is 53.2 Å². The molecule has 0 bridgehead atoms. The molecule has 4 aromatic rings. The van der Waals surface area contributed by atoms with E-state index in [-0.39, 0.29) is 41.3 Å². The number of benzene rings is 2. The topological polar surface area (TPSA) is 95.8 Å². The Hall–Kier alpha value is -5.13. The SMILES string of the molecule is Fc1ccccc1.[C-]#[N+]c1ccc2c(n1)c(N1CCN(C(C)c3ccc(F)cc3)CC1C(=O)OC)c(C#N)c(=O)n2C. The first-order valence-electron chi connectivity index (χ1n) is 13.1. The molecule has 2 atom stereocenters. The Morgan fingerprint density at radius 2 is 1.76 bits per heavy atom. The fraction of sp³-hybridized carbons (Fsp3) is 0.258. The number of nitriles is 1. The van der Waals surface area contributed by atoms with Gasteiger partial charge in [0.15, 0.2) is 0 Å². The van der Waals surface area contributed by atoms with Crippen LogP contribution >= 0.6 is 0 Å². The molecule has 1 aliphatic heterocycles. The van der Waals surface area contributed by atoms with Gasteiger partial charge in [-0.05, 0) is 48.9 Å². The monoisotopic (exact) mass is 570 g/mol. The number of halogens is 2. The van der Waals surface area contributed by atoms with Crippen molar-refractivity contribution in [3.63, 3.8) is 0 Å². The second-order valence-corrected chi connectivity index (χ2v) is 9.60. The van der Waals surface area contributed by atoms with Crippen LogP contribution in [0.3, 0.4) is 0 Å². The van der Waals surface area contributed by atoms with Gasteiger partial charge in [0, 0.05) is 32.7 Å². The third-order valence-corrected chi connectivity index (χ3v) is 7.23. The highest BCUT2D eigenvalue weighted by molar-refractivity contribution is 5.95. The molecule has 3 heterocycles. The zero-order valence-corrected chi connectivity index (χ0v) is 23.3. The van der Waals surface area contributed by atoms with E-state index in [4.69, 9.17) is 11.3 Å². The van der Waals surface area contributed by atoms with E-state index in [2.05, 4.69) is 14.7 Å². The van der Waals surface area contributed by atoms with Crippen LogP contribution in [0.1, 0.15) is 24.1 Å². The summed E-state index contributed by atoms with van der Waals surface area (Å²) in [5.41, 5.74) is 1.19. The van der Waals surface area contributed by atoms with E-state index in [0.29, 0.717) is 24.1 Å². The minimum absolute atomic E-state index is 0.111. The van der Waals surface area contributed by atoms with E-state index in [9.17, 15) is 23.6 Å². The molecule has 214 valence electrons. The molecule has 0 aliphatic carbocycles. The predicted molar refractivity (Wildman–Crippen MR) is 154 cm³/mol. The molecule has 0 amide bonds. The summed E-state index contributed by atoms with van der Waals surface area (Å²) in [4.78, 5) is 37.5. The van der Waals surface area contributed by atoms with Crippen molar-refractivity contribution >= 4 is 28.5 Å². The molecule has 2 aromatic carbocycles. The van der Waals surface area contributed by atoms with Crippen molar-refractivity contribution in [1.29, 1.82) is 5.26 Å². The second-order valence-electron chi connectivity index (χ2n) is 9.60. The van der Waals surface area contributed by atoms with Crippen molar-refractivity contribution in [2.45, 2.75) is 19.0 Å². The van der Waals surface area contributed by atoms with Crippen molar-refractivity contribution in [2.75, 3.05) is 31.6 Å². The summed E-state index contributed by atoms with van der Waals surface area (Å²) < 4.78 is 31.7. The van der Waals surface area contributed by atoms with Crippen molar-refractivity contribution in [2.24, 2.45) is 7.05 Å². The minimum atomic E-state index is -0.836. The van der Waals surface area contributed by atoms with Gasteiger partial charge in [0.05, 0.1) is 12.6 Å². The van der Waals surface area contributed by atoms with Crippen LogP contribution in [0.4, 0.5) is 20.3 Å². The van der Waals surface area contributed by atoms with Crippen LogP contribution < -0.4 is 10.5 Å². The highest BCUT2D eigenvalue weighted by Crippen LogP contribution is 2.33. The van der Waals surface area contributed by atoms with Gasteiger partial charge >= 0.3 is 5.97 Å². The molecule has 1 saturated heterocycles. The first kappa shape index (κ1) is 29.8. The van der Waals surface area contributed by atoms with Crippen LogP contribution in [0.15, 0.2) is 71.5 Å². The summed E-state index contributed by atoms with van der Waals surface area (Å²) in [5.74, 6) is -0.923. The van der Waals surface area contributed by atoms with Gasteiger partial charge in [-0.15, -0.1) is 4.98 Å². The number of hydrogen-bond donors (Lipinski definition) is 0. The lowest BCUT2D eigenvalue weighted by Crippen LogP contribution is -2.57. The number of carbonyl (C=O) groups excluding carboxylic acids is 1. The molecule has 0 saturated carbocycles. The van der Waals surface area contributed by atoms with Crippen molar-refractivity contribution < 1.29 is 18.3 Å². The van der Waals surface area contributed by atoms with Crippen LogP contribution in [0.25, 0.3) is 15.9 Å². The molecule has 2 aromatic heterocycles. The number of methoxy groups -OCH3 is 1. The normalized spacial score (nSPS) is 15.6. The highest BCUT2D eigenvalue weighted by Gasteiger charge is 2.38. The number of nitrogens with zero attached hydrogens (tertiary/aromatic N) is 6. The molecular formula is C31H28F2N6O3.